The highest BCUT2D eigenvalue weighted by molar-refractivity contribution is 7.15. The van der Waals surface area contributed by atoms with Crippen molar-refractivity contribution in [2.45, 2.75) is 44.4 Å². The number of benzene rings is 2. The zero-order valence-electron chi connectivity index (χ0n) is 22.4. The summed E-state index contributed by atoms with van der Waals surface area (Å²) >= 11 is 6.42. The first-order valence-electron chi connectivity index (χ1n) is 13.3. The number of anilines is 1. The molecule has 1 unspecified atom stereocenters. The fraction of sp³-hybridized carbons (Fsp3) is 0.357. The highest BCUT2D eigenvalue weighted by Crippen LogP contribution is 2.39. The predicted octanol–water partition coefficient (Wildman–Crippen LogP) is 5.32. The molecule has 2 fully saturated rings. The van der Waals surface area contributed by atoms with Crippen LogP contribution in [0.1, 0.15) is 35.5 Å². The van der Waals surface area contributed by atoms with Crippen LogP contribution in [0.2, 0.25) is 5.02 Å². The minimum Gasteiger partial charge on any atom is -0.447 e. The van der Waals surface area contributed by atoms with Crippen molar-refractivity contribution in [2.24, 2.45) is 5.73 Å². The molecule has 0 spiro atoms. The second-order valence-electron chi connectivity index (χ2n) is 9.99. The van der Waals surface area contributed by atoms with Gasteiger partial charge in [0.2, 0.25) is 0 Å². The summed E-state index contributed by atoms with van der Waals surface area (Å²) in [4.78, 5) is 33.6. The second kappa shape index (κ2) is 12.3. The van der Waals surface area contributed by atoms with Crippen molar-refractivity contribution in [3.63, 3.8) is 0 Å². The van der Waals surface area contributed by atoms with Crippen molar-refractivity contribution in [1.29, 1.82) is 0 Å². The molecule has 6 rings (SSSR count). The Labute approximate surface area is 247 Å². The lowest BCUT2D eigenvalue weighted by Crippen LogP contribution is -2.37. The molecule has 2 aromatic carbocycles. The molecule has 2 aromatic heterocycles. The van der Waals surface area contributed by atoms with E-state index in [9.17, 15) is 22.8 Å². The van der Waals surface area contributed by atoms with Crippen LogP contribution in [-0.4, -0.2) is 51.3 Å². The first kappa shape index (κ1) is 29.8. The van der Waals surface area contributed by atoms with Gasteiger partial charge < -0.3 is 21.1 Å². The van der Waals surface area contributed by atoms with Crippen LogP contribution >= 0.6 is 22.9 Å². The fourth-order valence-electron chi connectivity index (χ4n) is 4.97. The number of aromatic nitrogens is 3. The summed E-state index contributed by atoms with van der Waals surface area (Å²) in [7, 11) is 0. The Hall–Kier alpha value is -3.68. The molecule has 9 nitrogen and oxygen atoms in total. The number of carbonyl (C=O) groups excluding carboxylic acids is 1. The maximum absolute atomic E-state index is 13.3. The molecule has 4 aromatic rings. The van der Waals surface area contributed by atoms with E-state index in [0.717, 1.165) is 31.1 Å². The first-order chi connectivity index (χ1) is 20.0. The molecule has 0 bridgehead atoms. The smallest absolute Gasteiger partial charge is 0.427 e. The van der Waals surface area contributed by atoms with Crippen molar-refractivity contribution in [1.82, 2.24) is 19.4 Å². The Morgan fingerprint density at radius 1 is 1.14 bits per heavy atom. The number of hydrogen-bond acceptors (Lipinski definition) is 8. The Balaban J connectivity index is 0.000000295. The van der Waals surface area contributed by atoms with Crippen molar-refractivity contribution in [2.75, 3.05) is 25.4 Å². The molecule has 2 aliphatic rings. The SMILES string of the molecule is NCCc1nc2cc(-c3ncc(C(F)(F)F)s3)c(N)cc2c(=O)n1Cc1ccc(Cl)cc1.O=C1OCC2CCCCN12. The van der Waals surface area contributed by atoms with E-state index in [2.05, 4.69) is 9.97 Å². The predicted molar refractivity (Wildman–Crippen MR) is 156 cm³/mol. The molecule has 222 valence electrons. The highest BCUT2D eigenvalue weighted by atomic mass is 35.5. The maximum Gasteiger partial charge on any atom is 0.427 e. The number of amides is 1. The number of fused-ring (bicyclic) bond motifs is 2. The molecule has 0 aliphatic carbocycles. The van der Waals surface area contributed by atoms with Gasteiger partial charge in [0.1, 0.15) is 22.3 Å². The second-order valence-corrected chi connectivity index (χ2v) is 11.5. The summed E-state index contributed by atoms with van der Waals surface area (Å²) < 4.78 is 45.3. The summed E-state index contributed by atoms with van der Waals surface area (Å²) in [5, 5.41) is 0.939. The molecular formula is C28H28ClF3N6O3S. The van der Waals surface area contributed by atoms with Gasteiger partial charge in [-0.25, -0.2) is 14.8 Å². The summed E-state index contributed by atoms with van der Waals surface area (Å²) in [6, 6.07) is 10.4. The van der Waals surface area contributed by atoms with Gasteiger partial charge in [0.05, 0.1) is 29.7 Å². The number of thiazole rings is 1. The third-order valence-electron chi connectivity index (χ3n) is 7.10. The van der Waals surface area contributed by atoms with Gasteiger partial charge in [0.15, 0.2) is 0 Å². The fourth-order valence-corrected chi connectivity index (χ4v) is 5.91. The van der Waals surface area contributed by atoms with Gasteiger partial charge in [-0.15, -0.1) is 11.3 Å². The van der Waals surface area contributed by atoms with E-state index in [1.165, 1.54) is 23.1 Å². The monoisotopic (exact) mass is 620 g/mol. The zero-order valence-corrected chi connectivity index (χ0v) is 23.9. The third-order valence-corrected chi connectivity index (χ3v) is 8.43. The highest BCUT2D eigenvalue weighted by Gasteiger charge is 2.34. The number of nitrogens with two attached hydrogens (primary N) is 2. The van der Waals surface area contributed by atoms with Gasteiger partial charge in [-0.05, 0) is 55.6 Å². The number of piperidine rings is 1. The van der Waals surface area contributed by atoms with Crippen molar-refractivity contribution < 1.29 is 22.7 Å². The average molecular weight is 621 g/mol. The average Bonchev–Trinajstić information content (AvgIpc) is 3.61. The van der Waals surface area contributed by atoms with E-state index >= 15 is 0 Å². The molecule has 4 heterocycles. The van der Waals surface area contributed by atoms with E-state index in [-0.39, 0.29) is 40.8 Å². The lowest BCUT2D eigenvalue weighted by Gasteiger charge is -2.25. The molecule has 42 heavy (non-hydrogen) atoms. The number of rotatable bonds is 5. The maximum atomic E-state index is 13.3. The molecule has 4 N–H and O–H groups in total. The molecule has 2 saturated heterocycles. The van der Waals surface area contributed by atoms with E-state index in [1.54, 1.807) is 12.1 Å². The minimum absolute atomic E-state index is 0.101. The van der Waals surface area contributed by atoms with Crippen LogP contribution in [0.5, 0.6) is 0 Å². The number of alkyl halides is 3. The Bertz CT molecular complexity index is 1660. The van der Waals surface area contributed by atoms with Gasteiger partial charge in [0.25, 0.3) is 5.56 Å². The molecule has 2 aliphatic heterocycles. The van der Waals surface area contributed by atoms with Crippen LogP contribution in [0.3, 0.4) is 0 Å². The first-order valence-corrected chi connectivity index (χ1v) is 14.5. The third kappa shape index (κ3) is 6.37. The topological polar surface area (TPSA) is 129 Å². The summed E-state index contributed by atoms with van der Waals surface area (Å²) in [5.74, 6) is 0.464. The van der Waals surface area contributed by atoms with Crippen molar-refractivity contribution in [3.8, 4) is 10.6 Å². The summed E-state index contributed by atoms with van der Waals surface area (Å²) in [5.41, 5.74) is 13.1. The molecule has 0 radical (unpaired) electrons. The van der Waals surface area contributed by atoms with E-state index in [4.69, 9.17) is 27.8 Å². The van der Waals surface area contributed by atoms with E-state index < -0.39 is 11.1 Å². The molecule has 0 saturated carbocycles. The van der Waals surface area contributed by atoms with Crippen LogP contribution in [0.25, 0.3) is 21.5 Å². The Kier molecular flexibility index (Phi) is 8.71. The van der Waals surface area contributed by atoms with E-state index in [0.29, 0.717) is 52.3 Å². The van der Waals surface area contributed by atoms with Gasteiger partial charge in [-0.3, -0.25) is 9.36 Å². The van der Waals surface area contributed by atoms with Crippen LogP contribution in [0.4, 0.5) is 23.7 Å². The molecule has 1 atom stereocenters. The largest absolute Gasteiger partial charge is 0.447 e. The Morgan fingerprint density at radius 3 is 2.57 bits per heavy atom. The number of halogens is 4. The summed E-state index contributed by atoms with van der Waals surface area (Å²) in [6.45, 7) is 2.06. The number of nitrogens with zero attached hydrogens (tertiary/aromatic N) is 4. The lowest BCUT2D eigenvalue weighted by molar-refractivity contribution is -0.134. The number of hydrogen-bond donors (Lipinski definition) is 2. The van der Waals surface area contributed by atoms with Gasteiger partial charge >= 0.3 is 12.3 Å². The number of cyclic esters (lactones) is 1. The quantitative estimate of drug-likeness (QED) is 0.289. The van der Waals surface area contributed by atoms with Gasteiger partial charge in [-0.1, -0.05) is 23.7 Å². The molecule has 14 heteroatoms. The summed E-state index contributed by atoms with van der Waals surface area (Å²) in [6.07, 6.45) is 0.0258. The standard InChI is InChI=1S/C21H17ClF3N5OS.C7H11NO2/c22-12-3-1-11(2-4-12)10-30-18(5-6-26)29-16-8-13(15(27)7-14(16)20(30)31)19-28-9-17(32-19)21(23,24)25;9-7-8-4-2-1-3-6(8)5-10-7/h1-4,7-9H,5-6,10,26-27H2;6H,1-5H2. The molecular weight excluding hydrogens is 593 g/mol. The van der Waals surface area contributed by atoms with Crippen molar-refractivity contribution in [3.05, 3.63) is 74.2 Å². The number of ether oxygens (including phenoxy) is 1. The zero-order chi connectivity index (χ0) is 30.0. The lowest BCUT2D eigenvalue weighted by atomic mass is 10.0. The van der Waals surface area contributed by atoms with Crippen LogP contribution in [0.15, 0.2) is 47.4 Å². The molecule has 1 amide bonds. The van der Waals surface area contributed by atoms with Crippen LogP contribution in [-0.2, 0) is 23.9 Å². The minimum atomic E-state index is -4.50. The number of nitrogen functional groups attached to an aromatic ring is 1. The van der Waals surface area contributed by atoms with Gasteiger partial charge in [0, 0.05) is 29.2 Å². The number of carbonyl (C=O) groups is 1. The van der Waals surface area contributed by atoms with E-state index in [1.807, 2.05) is 17.0 Å². The Morgan fingerprint density at radius 2 is 1.90 bits per heavy atom. The van der Waals surface area contributed by atoms with Crippen molar-refractivity contribution >= 4 is 45.6 Å². The van der Waals surface area contributed by atoms with Crippen LogP contribution < -0.4 is 17.0 Å². The van der Waals surface area contributed by atoms with Gasteiger partial charge in [-0.2, -0.15) is 13.2 Å². The van der Waals surface area contributed by atoms with Crippen LogP contribution in [0, 0.1) is 0 Å². The normalized spacial score (nSPS) is 16.6.